The van der Waals surface area contributed by atoms with Crippen LogP contribution in [0.2, 0.25) is 5.15 Å². The molecule has 0 bridgehead atoms. The smallest absolute Gasteiger partial charge is 0.404 e. The highest BCUT2D eigenvalue weighted by molar-refractivity contribution is 6.29. The van der Waals surface area contributed by atoms with Gasteiger partial charge in [0.2, 0.25) is 5.91 Å². The van der Waals surface area contributed by atoms with Crippen LogP contribution in [0, 0.1) is 0 Å². The van der Waals surface area contributed by atoms with E-state index in [1.807, 2.05) is 0 Å². The first-order chi connectivity index (χ1) is 12.2. The number of carbonyl (C=O) groups excluding carboxylic acids is 2. The fraction of sp³-hybridized carbons (Fsp3) is 0.143. The Hall–Kier alpha value is -2.59. The third-order valence-electron chi connectivity index (χ3n) is 2.74. The monoisotopic (exact) mass is 408 g/mol. The van der Waals surface area contributed by atoms with Crippen LogP contribution in [0.25, 0.3) is 0 Å². The molecule has 0 unspecified atom stereocenters. The van der Waals surface area contributed by atoms with Crippen molar-refractivity contribution in [3.63, 3.8) is 0 Å². The third kappa shape index (κ3) is 5.74. The molecule has 26 heavy (non-hydrogen) atoms. The van der Waals surface area contributed by atoms with Gasteiger partial charge in [0.1, 0.15) is 5.88 Å². The van der Waals surface area contributed by atoms with E-state index >= 15 is 0 Å². The number of anilines is 2. The van der Waals surface area contributed by atoms with Crippen LogP contribution in [0.4, 0.5) is 24.7 Å². The van der Waals surface area contributed by atoms with Crippen molar-refractivity contribution in [2.45, 2.75) is 6.36 Å². The molecule has 0 saturated heterocycles. The minimum absolute atomic E-state index is 0.0684. The van der Waals surface area contributed by atoms with E-state index in [1.165, 1.54) is 12.1 Å². The maximum Gasteiger partial charge on any atom is 0.573 e. The van der Waals surface area contributed by atoms with Crippen LogP contribution in [0.3, 0.4) is 0 Å². The van der Waals surface area contributed by atoms with Gasteiger partial charge < -0.3 is 15.4 Å². The number of ether oxygens (including phenoxy) is 1. The van der Waals surface area contributed by atoms with E-state index in [2.05, 4.69) is 25.6 Å². The largest absolute Gasteiger partial charge is 0.573 e. The molecule has 138 valence electrons. The Morgan fingerprint density at radius 1 is 1.12 bits per heavy atom. The molecule has 0 aliphatic carbocycles. The first-order valence-electron chi connectivity index (χ1n) is 6.74. The lowest BCUT2D eigenvalue weighted by Crippen LogP contribution is -2.21. The highest BCUT2D eigenvalue weighted by atomic mass is 35.5. The summed E-state index contributed by atoms with van der Waals surface area (Å²) in [4.78, 5) is 23.6. The SMILES string of the molecule is O=C(CCl)Nc1cc(C(=O)Nc2ccc(Cl)nn2)ccc1OC(F)(F)F. The molecule has 1 aromatic heterocycles. The van der Waals surface area contributed by atoms with Crippen molar-refractivity contribution in [1.82, 2.24) is 10.2 Å². The van der Waals surface area contributed by atoms with Gasteiger partial charge >= 0.3 is 6.36 Å². The van der Waals surface area contributed by atoms with Gasteiger partial charge in [-0.25, -0.2) is 0 Å². The molecule has 0 fully saturated rings. The highest BCUT2D eigenvalue weighted by Gasteiger charge is 2.32. The Balaban J connectivity index is 2.27. The van der Waals surface area contributed by atoms with E-state index < -0.39 is 29.8 Å². The molecule has 2 aromatic rings. The summed E-state index contributed by atoms with van der Waals surface area (Å²) in [5, 5.41) is 11.8. The number of nitrogens with zero attached hydrogens (tertiary/aromatic N) is 2. The number of amides is 2. The maximum absolute atomic E-state index is 12.5. The zero-order chi connectivity index (χ0) is 19.3. The van der Waals surface area contributed by atoms with Gasteiger partial charge in [-0.3, -0.25) is 9.59 Å². The van der Waals surface area contributed by atoms with Crippen molar-refractivity contribution in [2.75, 3.05) is 16.5 Å². The molecule has 0 aliphatic heterocycles. The lowest BCUT2D eigenvalue weighted by atomic mass is 10.1. The summed E-state index contributed by atoms with van der Waals surface area (Å²) in [6.45, 7) is 0. The summed E-state index contributed by atoms with van der Waals surface area (Å²) < 4.78 is 41.2. The third-order valence-corrected chi connectivity index (χ3v) is 3.18. The van der Waals surface area contributed by atoms with Crippen LogP contribution in [-0.2, 0) is 4.79 Å². The Kier molecular flexibility index (Phi) is 6.22. The first kappa shape index (κ1) is 19.7. The minimum atomic E-state index is -4.98. The van der Waals surface area contributed by atoms with Crippen LogP contribution in [0.15, 0.2) is 30.3 Å². The first-order valence-corrected chi connectivity index (χ1v) is 7.65. The predicted molar refractivity (Wildman–Crippen MR) is 87.5 cm³/mol. The minimum Gasteiger partial charge on any atom is -0.404 e. The summed E-state index contributed by atoms with van der Waals surface area (Å²) in [7, 11) is 0. The van der Waals surface area contributed by atoms with Gasteiger partial charge in [-0.2, -0.15) is 0 Å². The van der Waals surface area contributed by atoms with E-state index in [1.54, 1.807) is 0 Å². The average Bonchev–Trinajstić information content (AvgIpc) is 2.57. The molecular formula is C14H9Cl2F3N4O3. The lowest BCUT2D eigenvalue weighted by Gasteiger charge is -2.15. The molecule has 0 radical (unpaired) electrons. The molecule has 0 saturated carbocycles. The summed E-state index contributed by atoms with van der Waals surface area (Å²) in [5.41, 5.74) is -0.441. The van der Waals surface area contributed by atoms with Gasteiger partial charge in [-0.05, 0) is 30.3 Å². The quantitative estimate of drug-likeness (QED) is 0.738. The molecule has 0 atom stereocenters. The van der Waals surface area contributed by atoms with E-state index in [0.29, 0.717) is 0 Å². The zero-order valence-corrected chi connectivity index (χ0v) is 14.1. The number of rotatable bonds is 5. The Morgan fingerprint density at radius 3 is 2.42 bits per heavy atom. The van der Waals surface area contributed by atoms with Crippen molar-refractivity contribution in [3.05, 3.63) is 41.0 Å². The molecule has 0 spiro atoms. The van der Waals surface area contributed by atoms with Crippen molar-refractivity contribution in [2.24, 2.45) is 0 Å². The van der Waals surface area contributed by atoms with Gasteiger partial charge in [0.25, 0.3) is 5.91 Å². The standard InChI is InChI=1S/C14H9Cl2F3N4O3/c15-6-12(24)20-8-5-7(1-2-9(8)26-14(17,18)19)13(25)21-11-4-3-10(16)22-23-11/h1-5H,6H2,(H,20,24)(H,21,23,25). The molecule has 2 amide bonds. The zero-order valence-electron chi connectivity index (χ0n) is 12.6. The molecule has 1 heterocycles. The van der Waals surface area contributed by atoms with Gasteiger partial charge in [0, 0.05) is 5.56 Å². The summed E-state index contributed by atoms with van der Waals surface area (Å²) in [6, 6.07) is 5.74. The van der Waals surface area contributed by atoms with Gasteiger partial charge in [0.05, 0.1) is 5.69 Å². The van der Waals surface area contributed by atoms with Gasteiger partial charge in [0.15, 0.2) is 16.7 Å². The fourth-order valence-electron chi connectivity index (χ4n) is 1.74. The van der Waals surface area contributed by atoms with Gasteiger partial charge in [-0.1, -0.05) is 11.6 Å². The Bertz CT molecular complexity index is 816. The predicted octanol–water partition coefficient (Wildman–Crippen LogP) is 3.46. The molecular weight excluding hydrogens is 400 g/mol. The van der Waals surface area contributed by atoms with E-state index in [4.69, 9.17) is 23.2 Å². The number of hydrogen-bond donors (Lipinski definition) is 2. The van der Waals surface area contributed by atoms with E-state index in [-0.39, 0.29) is 22.2 Å². The number of hydrogen-bond acceptors (Lipinski definition) is 5. The average molecular weight is 409 g/mol. The second-order valence-corrected chi connectivity index (χ2v) is 5.29. The molecule has 7 nitrogen and oxygen atoms in total. The summed E-state index contributed by atoms with van der Waals surface area (Å²) >= 11 is 10.9. The number of carbonyl (C=O) groups is 2. The molecule has 2 rings (SSSR count). The van der Waals surface area contributed by atoms with Crippen LogP contribution in [-0.4, -0.2) is 34.3 Å². The Morgan fingerprint density at radius 2 is 1.85 bits per heavy atom. The second-order valence-electron chi connectivity index (χ2n) is 4.64. The maximum atomic E-state index is 12.5. The topological polar surface area (TPSA) is 93.2 Å². The number of halogens is 5. The van der Waals surface area contributed by atoms with Crippen molar-refractivity contribution >= 4 is 46.5 Å². The number of alkyl halides is 4. The van der Waals surface area contributed by atoms with Crippen molar-refractivity contribution in [3.8, 4) is 5.75 Å². The van der Waals surface area contributed by atoms with Crippen molar-refractivity contribution < 1.29 is 27.5 Å². The lowest BCUT2D eigenvalue weighted by molar-refractivity contribution is -0.274. The molecule has 0 aliphatic rings. The fourth-order valence-corrected chi connectivity index (χ4v) is 1.90. The normalized spacial score (nSPS) is 11.0. The second kappa shape index (κ2) is 8.19. The van der Waals surface area contributed by atoms with Crippen LogP contribution in [0.1, 0.15) is 10.4 Å². The highest BCUT2D eigenvalue weighted by Crippen LogP contribution is 2.31. The summed E-state index contributed by atoms with van der Waals surface area (Å²) in [5.74, 6) is -2.61. The van der Waals surface area contributed by atoms with Crippen LogP contribution >= 0.6 is 23.2 Å². The number of benzene rings is 1. The van der Waals surface area contributed by atoms with Crippen LogP contribution in [0.5, 0.6) is 5.75 Å². The Labute approximate surface area is 154 Å². The van der Waals surface area contributed by atoms with E-state index in [0.717, 1.165) is 18.2 Å². The van der Waals surface area contributed by atoms with Crippen molar-refractivity contribution in [1.29, 1.82) is 0 Å². The summed E-state index contributed by atoms with van der Waals surface area (Å²) in [6.07, 6.45) is -4.98. The molecule has 12 heteroatoms. The van der Waals surface area contributed by atoms with E-state index in [9.17, 15) is 22.8 Å². The number of nitrogens with one attached hydrogen (secondary N) is 2. The van der Waals surface area contributed by atoms with Crippen LogP contribution < -0.4 is 15.4 Å². The van der Waals surface area contributed by atoms with Gasteiger partial charge in [-0.15, -0.1) is 35.0 Å². The molecule has 2 N–H and O–H groups in total. The number of aromatic nitrogens is 2. The molecule has 1 aromatic carbocycles.